The van der Waals surface area contributed by atoms with Gasteiger partial charge in [0.1, 0.15) is 0 Å². The number of nitro benzene ring substituents is 1. The molecular formula is C14H12IN3O5S. The summed E-state index contributed by atoms with van der Waals surface area (Å²) in [5, 5.41) is 15.3. The number of amides is 1. The quantitative estimate of drug-likeness (QED) is 0.307. The van der Waals surface area contributed by atoms with E-state index < -0.39 is 10.8 Å². The minimum absolute atomic E-state index is 0.0370. The number of hydrogen-bond donors (Lipinski definition) is 1. The summed E-state index contributed by atoms with van der Waals surface area (Å²) in [6.07, 6.45) is 0.0370. The number of carbonyl (C=O) groups is 2. The molecular weight excluding hydrogens is 449 g/mol. The van der Waals surface area contributed by atoms with Crippen molar-refractivity contribution in [3.63, 3.8) is 0 Å². The van der Waals surface area contributed by atoms with Crippen LogP contribution < -0.4 is 5.32 Å². The number of carbonyl (C=O) groups excluding carboxylic acids is 2. The van der Waals surface area contributed by atoms with Crippen LogP contribution in [0.4, 0.5) is 10.8 Å². The number of rotatable bonds is 6. The maximum Gasteiger partial charge on any atom is 0.311 e. The number of halogens is 1. The fourth-order valence-electron chi connectivity index (χ4n) is 1.77. The monoisotopic (exact) mass is 461 g/mol. The number of nitro groups is 1. The van der Waals surface area contributed by atoms with Crippen LogP contribution in [0.25, 0.3) is 0 Å². The standard InChI is InChI=1S/C14H12IN3O5S/c1-2-23-12(19)5-8-7-24-14(16-8)17-13(20)10-4-3-9(18(21)22)6-11(10)15/h3-4,6-7H,2,5H2,1H3,(H,16,17,20). The van der Waals surface area contributed by atoms with Crippen molar-refractivity contribution < 1.29 is 19.2 Å². The van der Waals surface area contributed by atoms with Crippen LogP contribution in [-0.4, -0.2) is 28.4 Å². The first kappa shape index (κ1) is 18.3. The average Bonchev–Trinajstić information content (AvgIpc) is 2.93. The normalized spacial score (nSPS) is 10.2. The Hall–Kier alpha value is -2.08. The Bertz CT molecular complexity index is 792. The lowest BCUT2D eigenvalue weighted by Gasteiger charge is -2.04. The van der Waals surface area contributed by atoms with E-state index in [1.807, 2.05) is 22.6 Å². The number of thiazole rings is 1. The third-order valence-corrected chi connectivity index (χ3v) is 4.51. The van der Waals surface area contributed by atoms with Crippen molar-refractivity contribution in [2.24, 2.45) is 0 Å². The fraction of sp³-hybridized carbons (Fsp3) is 0.214. The Morgan fingerprint density at radius 1 is 1.46 bits per heavy atom. The number of hydrogen-bond acceptors (Lipinski definition) is 7. The second-order valence-corrected chi connectivity index (χ2v) is 6.52. The van der Waals surface area contributed by atoms with E-state index in [0.29, 0.717) is 26.6 Å². The van der Waals surface area contributed by atoms with Crippen molar-refractivity contribution in [1.29, 1.82) is 0 Å². The molecule has 1 heterocycles. The van der Waals surface area contributed by atoms with E-state index in [4.69, 9.17) is 4.74 Å². The number of ether oxygens (including phenoxy) is 1. The van der Waals surface area contributed by atoms with Gasteiger partial charge in [0, 0.05) is 21.1 Å². The summed E-state index contributed by atoms with van der Waals surface area (Å²) < 4.78 is 5.29. The Morgan fingerprint density at radius 2 is 2.21 bits per heavy atom. The molecule has 0 aliphatic rings. The molecule has 8 nitrogen and oxygen atoms in total. The molecule has 0 fully saturated rings. The molecule has 0 radical (unpaired) electrons. The third kappa shape index (κ3) is 4.71. The number of nitrogens with zero attached hydrogens (tertiary/aromatic N) is 2. The molecule has 2 aromatic rings. The largest absolute Gasteiger partial charge is 0.466 e. The topological polar surface area (TPSA) is 111 Å². The molecule has 1 aromatic carbocycles. The first-order chi connectivity index (χ1) is 11.4. The molecule has 0 aliphatic heterocycles. The van der Waals surface area contributed by atoms with Gasteiger partial charge in [-0.05, 0) is 35.6 Å². The Labute approximate surface area is 154 Å². The van der Waals surface area contributed by atoms with Gasteiger partial charge in [0.2, 0.25) is 0 Å². The summed E-state index contributed by atoms with van der Waals surface area (Å²) >= 11 is 3.05. The van der Waals surface area contributed by atoms with Crippen LogP contribution in [0.3, 0.4) is 0 Å². The SMILES string of the molecule is CCOC(=O)Cc1csc(NC(=O)c2ccc([N+](=O)[O-])cc2I)n1. The van der Waals surface area contributed by atoms with Crippen LogP contribution in [0.2, 0.25) is 0 Å². The Morgan fingerprint density at radius 3 is 2.83 bits per heavy atom. The molecule has 0 aliphatic carbocycles. The highest BCUT2D eigenvalue weighted by Gasteiger charge is 2.16. The van der Waals surface area contributed by atoms with Crippen LogP contribution in [-0.2, 0) is 16.0 Å². The molecule has 0 bridgehead atoms. The number of anilines is 1. The molecule has 0 unspecified atom stereocenters. The number of benzene rings is 1. The highest BCUT2D eigenvalue weighted by atomic mass is 127. The molecule has 1 amide bonds. The van der Waals surface area contributed by atoms with Crippen molar-refractivity contribution in [2.45, 2.75) is 13.3 Å². The molecule has 1 aromatic heterocycles. The fourth-order valence-corrected chi connectivity index (χ4v) is 3.22. The summed E-state index contributed by atoms with van der Waals surface area (Å²) in [5.41, 5.74) is 0.734. The summed E-state index contributed by atoms with van der Waals surface area (Å²) in [4.78, 5) is 38.0. The van der Waals surface area contributed by atoms with Crippen molar-refractivity contribution in [2.75, 3.05) is 11.9 Å². The summed E-state index contributed by atoms with van der Waals surface area (Å²) in [6.45, 7) is 2.02. The second-order valence-electron chi connectivity index (χ2n) is 4.50. The van der Waals surface area contributed by atoms with Crippen LogP contribution >= 0.6 is 33.9 Å². The molecule has 0 atom stereocenters. The Kier molecular flexibility index (Phi) is 6.20. The van der Waals surface area contributed by atoms with Crippen LogP contribution in [0.15, 0.2) is 23.6 Å². The zero-order chi connectivity index (χ0) is 17.7. The van der Waals surface area contributed by atoms with E-state index >= 15 is 0 Å². The smallest absolute Gasteiger partial charge is 0.311 e. The third-order valence-electron chi connectivity index (χ3n) is 2.81. The molecule has 24 heavy (non-hydrogen) atoms. The molecule has 126 valence electrons. The van der Waals surface area contributed by atoms with Crippen LogP contribution in [0.5, 0.6) is 0 Å². The average molecular weight is 461 g/mol. The van der Waals surface area contributed by atoms with E-state index in [-0.39, 0.29) is 18.1 Å². The van der Waals surface area contributed by atoms with E-state index in [2.05, 4.69) is 10.3 Å². The lowest BCUT2D eigenvalue weighted by atomic mass is 10.2. The van der Waals surface area contributed by atoms with Crippen molar-refractivity contribution in [3.8, 4) is 0 Å². The van der Waals surface area contributed by atoms with Gasteiger partial charge in [0.05, 0.1) is 29.2 Å². The Balaban J connectivity index is 2.06. The van der Waals surface area contributed by atoms with Gasteiger partial charge in [0.15, 0.2) is 5.13 Å². The molecule has 0 spiro atoms. The van der Waals surface area contributed by atoms with Crippen molar-refractivity contribution >= 4 is 56.6 Å². The highest BCUT2D eigenvalue weighted by molar-refractivity contribution is 14.1. The van der Waals surface area contributed by atoms with E-state index in [1.165, 1.54) is 29.5 Å². The highest BCUT2D eigenvalue weighted by Crippen LogP contribution is 2.22. The lowest BCUT2D eigenvalue weighted by molar-refractivity contribution is -0.384. The zero-order valence-electron chi connectivity index (χ0n) is 12.4. The molecule has 2 rings (SSSR count). The summed E-state index contributed by atoms with van der Waals surface area (Å²) in [7, 11) is 0. The van der Waals surface area contributed by atoms with Crippen LogP contribution in [0.1, 0.15) is 23.0 Å². The van der Waals surface area contributed by atoms with Gasteiger partial charge in [0.25, 0.3) is 11.6 Å². The molecule has 0 saturated heterocycles. The van der Waals surface area contributed by atoms with Gasteiger partial charge in [-0.25, -0.2) is 4.98 Å². The number of aromatic nitrogens is 1. The number of non-ortho nitro benzene ring substituents is 1. The van der Waals surface area contributed by atoms with Gasteiger partial charge >= 0.3 is 5.97 Å². The predicted octanol–water partition coefficient (Wildman–Crippen LogP) is 3.01. The first-order valence-corrected chi connectivity index (χ1v) is 8.72. The van der Waals surface area contributed by atoms with Crippen LogP contribution in [0, 0.1) is 13.7 Å². The minimum atomic E-state index is -0.521. The van der Waals surface area contributed by atoms with Gasteiger partial charge in [-0.3, -0.25) is 25.0 Å². The maximum atomic E-state index is 12.2. The van der Waals surface area contributed by atoms with Crippen molar-refractivity contribution in [3.05, 3.63) is 48.5 Å². The summed E-state index contributed by atoms with van der Waals surface area (Å²) in [6, 6.07) is 3.98. The van der Waals surface area contributed by atoms with E-state index in [0.717, 1.165) is 0 Å². The molecule has 0 saturated carbocycles. The minimum Gasteiger partial charge on any atom is -0.466 e. The molecule has 10 heteroatoms. The van der Waals surface area contributed by atoms with Gasteiger partial charge in [-0.1, -0.05) is 0 Å². The maximum absolute atomic E-state index is 12.2. The van der Waals surface area contributed by atoms with Gasteiger partial charge < -0.3 is 4.74 Å². The van der Waals surface area contributed by atoms with Gasteiger partial charge in [-0.15, -0.1) is 11.3 Å². The van der Waals surface area contributed by atoms with Crippen molar-refractivity contribution in [1.82, 2.24) is 4.98 Å². The molecule has 1 N–H and O–H groups in total. The predicted molar refractivity (Wildman–Crippen MR) is 96.2 cm³/mol. The van der Waals surface area contributed by atoms with Gasteiger partial charge in [-0.2, -0.15) is 0 Å². The first-order valence-electron chi connectivity index (χ1n) is 6.76. The van der Waals surface area contributed by atoms with E-state index in [1.54, 1.807) is 12.3 Å². The number of nitrogens with one attached hydrogen (secondary N) is 1. The lowest BCUT2D eigenvalue weighted by Crippen LogP contribution is -2.14. The van der Waals surface area contributed by atoms with E-state index in [9.17, 15) is 19.7 Å². The summed E-state index contributed by atoms with van der Waals surface area (Å²) in [5.74, 6) is -0.808. The zero-order valence-corrected chi connectivity index (χ0v) is 15.4. The second kappa shape index (κ2) is 8.15. The number of esters is 1.